The lowest BCUT2D eigenvalue weighted by Gasteiger charge is -2.14. The first-order chi connectivity index (χ1) is 10.7. The predicted octanol–water partition coefficient (Wildman–Crippen LogP) is 1.11. The fraction of sp³-hybridized carbons (Fsp3) is 0.267. The number of H-pyrrole nitrogens is 1. The van der Waals surface area contributed by atoms with Crippen LogP contribution in [-0.2, 0) is 16.1 Å². The summed E-state index contributed by atoms with van der Waals surface area (Å²) in [5.41, 5.74) is 3.26. The monoisotopic (exact) mass is 300 g/mol. The molecule has 3 rings (SSSR count). The number of rotatable bonds is 5. The molecule has 114 valence electrons. The van der Waals surface area contributed by atoms with Gasteiger partial charge in [0, 0.05) is 19.2 Å². The summed E-state index contributed by atoms with van der Waals surface area (Å²) < 4.78 is 5.22. The van der Waals surface area contributed by atoms with Crippen LogP contribution < -0.4 is 5.43 Å². The third kappa shape index (κ3) is 3.25. The van der Waals surface area contributed by atoms with Gasteiger partial charge in [-0.1, -0.05) is 0 Å². The highest BCUT2D eigenvalue weighted by molar-refractivity contribution is 5.89. The van der Waals surface area contributed by atoms with E-state index in [9.17, 15) is 9.59 Å². The van der Waals surface area contributed by atoms with E-state index in [1.165, 1.54) is 6.21 Å². The maximum absolute atomic E-state index is 12.0. The first kappa shape index (κ1) is 14.1. The summed E-state index contributed by atoms with van der Waals surface area (Å²) in [6.07, 6.45) is 5.06. The van der Waals surface area contributed by atoms with Crippen molar-refractivity contribution in [2.24, 2.45) is 11.0 Å². The minimum Gasteiger partial charge on any atom is -0.467 e. The van der Waals surface area contributed by atoms with E-state index in [0.29, 0.717) is 18.8 Å². The molecule has 7 heteroatoms. The summed E-state index contributed by atoms with van der Waals surface area (Å²) in [7, 11) is 0. The average molecular weight is 300 g/mol. The molecule has 2 aromatic heterocycles. The third-order valence-electron chi connectivity index (χ3n) is 3.51. The number of hydrogen-bond acceptors (Lipinski definition) is 4. The van der Waals surface area contributed by atoms with Crippen molar-refractivity contribution in [1.82, 2.24) is 15.3 Å². The molecule has 7 nitrogen and oxygen atoms in total. The topological polar surface area (TPSA) is 90.7 Å². The van der Waals surface area contributed by atoms with E-state index in [0.717, 1.165) is 5.69 Å². The van der Waals surface area contributed by atoms with E-state index in [4.69, 9.17) is 4.42 Å². The quantitative estimate of drug-likeness (QED) is 0.640. The first-order valence-corrected chi connectivity index (χ1v) is 6.99. The van der Waals surface area contributed by atoms with Crippen molar-refractivity contribution in [1.29, 1.82) is 0 Å². The van der Waals surface area contributed by atoms with Gasteiger partial charge in [-0.15, -0.1) is 0 Å². The van der Waals surface area contributed by atoms with Gasteiger partial charge in [0.1, 0.15) is 5.76 Å². The molecule has 0 radical (unpaired) electrons. The van der Waals surface area contributed by atoms with Crippen LogP contribution in [0.4, 0.5) is 0 Å². The van der Waals surface area contributed by atoms with Gasteiger partial charge in [0.25, 0.3) is 0 Å². The number of aromatic nitrogens is 1. The Hall–Kier alpha value is -2.83. The number of carbonyl (C=O) groups is 2. The molecule has 0 aromatic carbocycles. The van der Waals surface area contributed by atoms with Gasteiger partial charge >= 0.3 is 0 Å². The lowest BCUT2D eigenvalue weighted by atomic mass is 10.1. The van der Waals surface area contributed by atoms with Crippen LogP contribution in [0.15, 0.2) is 46.2 Å². The van der Waals surface area contributed by atoms with E-state index >= 15 is 0 Å². The van der Waals surface area contributed by atoms with Crippen LogP contribution in [0.1, 0.15) is 17.9 Å². The number of likely N-dealkylation sites (tertiary alicyclic amines) is 1. The van der Waals surface area contributed by atoms with E-state index in [2.05, 4.69) is 15.5 Å². The Morgan fingerprint density at radius 3 is 3.14 bits per heavy atom. The lowest BCUT2D eigenvalue weighted by Crippen LogP contribution is -2.30. The maximum Gasteiger partial charge on any atom is 0.245 e. The molecule has 1 saturated heterocycles. The molecule has 0 aliphatic carbocycles. The number of nitrogens with one attached hydrogen (secondary N) is 2. The number of furan rings is 1. The van der Waals surface area contributed by atoms with Crippen LogP contribution in [0.25, 0.3) is 0 Å². The average Bonchev–Trinajstić information content (AvgIpc) is 3.23. The maximum atomic E-state index is 12.0. The van der Waals surface area contributed by atoms with Gasteiger partial charge in [-0.05, 0) is 24.3 Å². The van der Waals surface area contributed by atoms with E-state index in [1.807, 2.05) is 12.1 Å². The largest absolute Gasteiger partial charge is 0.467 e. The Balaban J connectivity index is 1.52. The highest BCUT2D eigenvalue weighted by atomic mass is 16.3. The zero-order valence-corrected chi connectivity index (χ0v) is 11.9. The summed E-state index contributed by atoms with van der Waals surface area (Å²) >= 11 is 0. The molecule has 0 bridgehead atoms. The van der Waals surface area contributed by atoms with Crippen molar-refractivity contribution in [2.75, 3.05) is 6.54 Å². The van der Waals surface area contributed by atoms with Gasteiger partial charge in [-0.2, -0.15) is 5.10 Å². The molecular weight excluding hydrogens is 284 g/mol. The van der Waals surface area contributed by atoms with E-state index in [1.54, 1.807) is 29.5 Å². The fourth-order valence-corrected chi connectivity index (χ4v) is 2.37. The van der Waals surface area contributed by atoms with Gasteiger partial charge in [0.15, 0.2) is 0 Å². The second-order valence-electron chi connectivity index (χ2n) is 5.11. The predicted molar refractivity (Wildman–Crippen MR) is 78.8 cm³/mol. The summed E-state index contributed by atoms with van der Waals surface area (Å²) in [4.78, 5) is 28.5. The molecule has 1 aliphatic heterocycles. The molecule has 1 fully saturated rings. The Bertz CT molecular complexity index is 661. The zero-order chi connectivity index (χ0) is 15.4. The van der Waals surface area contributed by atoms with Crippen LogP contribution in [0.3, 0.4) is 0 Å². The summed E-state index contributed by atoms with van der Waals surface area (Å²) in [5, 5.41) is 3.88. The van der Waals surface area contributed by atoms with Crippen molar-refractivity contribution in [3.05, 3.63) is 48.2 Å². The molecule has 2 aromatic rings. The van der Waals surface area contributed by atoms with Gasteiger partial charge in [0.2, 0.25) is 11.8 Å². The number of aromatic amines is 1. The standard InChI is InChI=1S/C15H16N4O3/c20-14-7-11(9-19(14)10-13-4-2-6-22-13)15(21)18-17-8-12-3-1-5-16-12/h1-6,8,11,16H,7,9-10H2,(H,18,21)/b17-8+. The van der Waals surface area contributed by atoms with Crippen molar-refractivity contribution >= 4 is 18.0 Å². The normalized spacial score (nSPS) is 18.3. The van der Waals surface area contributed by atoms with Gasteiger partial charge in [-0.25, -0.2) is 5.43 Å². The molecule has 1 aliphatic rings. The first-order valence-electron chi connectivity index (χ1n) is 6.99. The van der Waals surface area contributed by atoms with E-state index in [-0.39, 0.29) is 24.2 Å². The molecule has 22 heavy (non-hydrogen) atoms. The summed E-state index contributed by atoms with van der Waals surface area (Å²) in [6.45, 7) is 0.769. The van der Waals surface area contributed by atoms with Crippen LogP contribution >= 0.6 is 0 Å². The molecule has 0 spiro atoms. The number of amides is 2. The Morgan fingerprint density at radius 1 is 1.50 bits per heavy atom. The Morgan fingerprint density at radius 2 is 2.41 bits per heavy atom. The van der Waals surface area contributed by atoms with Gasteiger partial charge in [0.05, 0.1) is 30.6 Å². The van der Waals surface area contributed by atoms with Crippen molar-refractivity contribution < 1.29 is 14.0 Å². The Labute approximate surface area is 127 Å². The third-order valence-corrected chi connectivity index (χ3v) is 3.51. The van der Waals surface area contributed by atoms with Crippen LogP contribution in [0.2, 0.25) is 0 Å². The minimum absolute atomic E-state index is 0.0510. The fourth-order valence-electron chi connectivity index (χ4n) is 2.37. The van der Waals surface area contributed by atoms with Crippen molar-refractivity contribution in [2.45, 2.75) is 13.0 Å². The second-order valence-corrected chi connectivity index (χ2v) is 5.11. The lowest BCUT2D eigenvalue weighted by molar-refractivity contribution is -0.129. The van der Waals surface area contributed by atoms with Gasteiger partial charge < -0.3 is 14.3 Å². The molecular formula is C15H16N4O3. The van der Waals surface area contributed by atoms with Crippen LogP contribution in [-0.4, -0.2) is 34.5 Å². The molecule has 1 unspecified atom stereocenters. The number of hydrogen-bond donors (Lipinski definition) is 2. The highest BCUT2D eigenvalue weighted by Crippen LogP contribution is 2.20. The number of nitrogens with zero attached hydrogens (tertiary/aromatic N) is 2. The minimum atomic E-state index is -0.386. The zero-order valence-electron chi connectivity index (χ0n) is 11.9. The van der Waals surface area contributed by atoms with Crippen LogP contribution in [0, 0.1) is 5.92 Å². The molecule has 2 amide bonds. The molecule has 2 N–H and O–H groups in total. The molecule has 0 saturated carbocycles. The summed E-state index contributed by atoms with van der Waals surface area (Å²) in [6, 6.07) is 7.25. The number of hydrazone groups is 1. The molecule has 3 heterocycles. The van der Waals surface area contributed by atoms with E-state index < -0.39 is 0 Å². The highest BCUT2D eigenvalue weighted by Gasteiger charge is 2.34. The van der Waals surface area contributed by atoms with Crippen molar-refractivity contribution in [3.8, 4) is 0 Å². The number of carbonyl (C=O) groups excluding carboxylic acids is 2. The SMILES string of the molecule is O=C(N/N=C/c1ccc[nH]1)C1CC(=O)N(Cc2ccco2)C1. The van der Waals surface area contributed by atoms with Crippen LogP contribution in [0.5, 0.6) is 0 Å². The van der Waals surface area contributed by atoms with Crippen molar-refractivity contribution in [3.63, 3.8) is 0 Å². The van der Waals surface area contributed by atoms with Gasteiger partial charge in [-0.3, -0.25) is 9.59 Å². The smallest absolute Gasteiger partial charge is 0.245 e. The summed E-state index contributed by atoms with van der Waals surface area (Å²) in [5.74, 6) is 0.0189. The second kappa shape index (κ2) is 6.30. The Kier molecular flexibility index (Phi) is 4.04. The molecule has 1 atom stereocenters.